The lowest BCUT2D eigenvalue weighted by atomic mass is 10.1. The van der Waals surface area contributed by atoms with Gasteiger partial charge in [0.15, 0.2) is 0 Å². The summed E-state index contributed by atoms with van der Waals surface area (Å²) in [7, 11) is 0. The molecule has 2 rings (SSSR count). The Kier molecular flexibility index (Phi) is 7.38. The van der Waals surface area contributed by atoms with E-state index >= 15 is 0 Å². The third kappa shape index (κ3) is 5.17. The van der Waals surface area contributed by atoms with Crippen LogP contribution in [0.3, 0.4) is 0 Å². The van der Waals surface area contributed by atoms with Crippen LogP contribution >= 0.6 is 12.4 Å². The van der Waals surface area contributed by atoms with Crippen molar-refractivity contribution in [1.82, 2.24) is 15.1 Å². The number of nitrogens with zero attached hydrogens (tertiary/aromatic N) is 2. The molecule has 1 saturated heterocycles. The second-order valence-electron chi connectivity index (χ2n) is 6.35. The Morgan fingerprint density at radius 3 is 2.36 bits per heavy atom. The molecule has 1 aliphatic heterocycles. The summed E-state index contributed by atoms with van der Waals surface area (Å²) in [6.07, 6.45) is 0.693. The van der Waals surface area contributed by atoms with Gasteiger partial charge >= 0.3 is 6.03 Å². The first-order valence-electron chi connectivity index (χ1n) is 8.01. The standard InChI is InChI=1S/C17H24N4O3.ClH/c1-17(2)15(23)21(16(24)19-17)12-14(22)20(11-9-18)10-8-13-6-4-3-5-7-13;/h3-7H,8-12,18H2,1-2H3,(H,19,24);1H. The summed E-state index contributed by atoms with van der Waals surface area (Å²) in [5.74, 6) is -0.672. The number of carbonyl (C=O) groups is 3. The van der Waals surface area contributed by atoms with Crippen molar-refractivity contribution in [3.63, 3.8) is 0 Å². The van der Waals surface area contributed by atoms with E-state index in [2.05, 4.69) is 5.32 Å². The molecule has 0 aliphatic carbocycles. The third-order valence-electron chi connectivity index (χ3n) is 4.00. The van der Waals surface area contributed by atoms with Gasteiger partial charge in [-0.1, -0.05) is 30.3 Å². The molecule has 0 aromatic heterocycles. The summed E-state index contributed by atoms with van der Waals surface area (Å²) in [6, 6.07) is 9.27. The van der Waals surface area contributed by atoms with E-state index in [1.54, 1.807) is 18.7 Å². The van der Waals surface area contributed by atoms with Crippen LogP contribution in [0.1, 0.15) is 19.4 Å². The zero-order valence-corrected chi connectivity index (χ0v) is 15.3. The maximum atomic E-state index is 12.5. The average Bonchev–Trinajstić information content (AvgIpc) is 2.74. The van der Waals surface area contributed by atoms with Crippen molar-refractivity contribution < 1.29 is 14.4 Å². The maximum Gasteiger partial charge on any atom is 0.325 e. The summed E-state index contributed by atoms with van der Waals surface area (Å²) in [5.41, 5.74) is 5.73. The van der Waals surface area contributed by atoms with Crippen LogP contribution in [0.25, 0.3) is 0 Å². The Morgan fingerprint density at radius 1 is 1.20 bits per heavy atom. The Morgan fingerprint density at radius 2 is 1.84 bits per heavy atom. The van der Waals surface area contributed by atoms with Gasteiger partial charge in [-0.25, -0.2) is 4.79 Å². The number of nitrogens with two attached hydrogens (primary N) is 1. The smallest absolute Gasteiger partial charge is 0.325 e. The van der Waals surface area contributed by atoms with Gasteiger partial charge in [-0.05, 0) is 25.8 Å². The number of carbonyl (C=O) groups excluding carboxylic acids is 3. The highest BCUT2D eigenvalue weighted by Gasteiger charge is 2.45. The molecule has 3 N–H and O–H groups in total. The number of benzene rings is 1. The second kappa shape index (κ2) is 8.82. The Balaban J connectivity index is 0.00000312. The minimum atomic E-state index is -0.972. The van der Waals surface area contributed by atoms with Crippen LogP contribution in [0.4, 0.5) is 4.79 Å². The minimum absolute atomic E-state index is 0. The molecule has 1 aromatic carbocycles. The molecule has 25 heavy (non-hydrogen) atoms. The lowest BCUT2D eigenvalue weighted by molar-refractivity contribution is -0.138. The highest BCUT2D eigenvalue weighted by Crippen LogP contribution is 2.16. The van der Waals surface area contributed by atoms with Gasteiger partial charge in [0.2, 0.25) is 5.91 Å². The number of imide groups is 1. The van der Waals surface area contributed by atoms with Crippen LogP contribution < -0.4 is 11.1 Å². The lowest BCUT2D eigenvalue weighted by Gasteiger charge is -2.24. The van der Waals surface area contributed by atoms with Gasteiger partial charge in [0, 0.05) is 19.6 Å². The topological polar surface area (TPSA) is 95.7 Å². The number of hydrogen-bond acceptors (Lipinski definition) is 4. The van der Waals surface area contributed by atoms with Crippen LogP contribution in [-0.2, 0) is 16.0 Å². The van der Waals surface area contributed by atoms with E-state index in [-0.39, 0.29) is 24.9 Å². The summed E-state index contributed by atoms with van der Waals surface area (Å²) < 4.78 is 0. The summed E-state index contributed by atoms with van der Waals surface area (Å²) in [4.78, 5) is 39.1. The SMILES string of the molecule is CC1(C)NC(=O)N(CC(=O)N(CCN)CCc2ccccc2)C1=O.Cl. The molecule has 0 saturated carbocycles. The number of nitrogens with one attached hydrogen (secondary N) is 1. The second-order valence-corrected chi connectivity index (χ2v) is 6.35. The molecule has 1 aliphatic rings. The van der Waals surface area contributed by atoms with Crippen molar-refractivity contribution in [2.45, 2.75) is 25.8 Å². The van der Waals surface area contributed by atoms with Gasteiger partial charge in [-0.2, -0.15) is 0 Å². The molecular weight excluding hydrogens is 344 g/mol. The van der Waals surface area contributed by atoms with E-state index in [1.165, 1.54) is 0 Å². The molecule has 7 nitrogen and oxygen atoms in total. The zero-order chi connectivity index (χ0) is 17.7. The molecule has 0 atom stereocenters. The number of halogens is 1. The van der Waals surface area contributed by atoms with Gasteiger partial charge in [0.1, 0.15) is 12.1 Å². The predicted octanol–water partition coefficient (Wildman–Crippen LogP) is 0.769. The normalized spacial score (nSPS) is 15.6. The Hall–Kier alpha value is -2.12. The largest absolute Gasteiger partial charge is 0.340 e. The van der Waals surface area contributed by atoms with Crippen molar-refractivity contribution in [3.05, 3.63) is 35.9 Å². The van der Waals surface area contributed by atoms with Crippen LogP contribution in [0, 0.1) is 0 Å². The summed E-state index contributed by atoms with van der Waals surface area (Å²) in [5, 5.41) is 2.57. The van der Waals surface area contributed by atoms with Crippen molar-refractivity contribution >= 4 is 30.3 Å². The first-order valence-corrected chi connectivity index (χ1v) is 8.01. The minimum Gasteiger partial charge on any atom is -0.340 e. The van der Waals surface area contributed by atoms with Crippen LogP contribution in [0.5, 0.6) is 0 Å². The number of rotatable bonds is 7. The van der Waals surface area contributed by atoms with Crippen LogP contribution in [0.2, 0.25) is 0 Å². The van der Waals surface area contributed by atoms with Crippen molar-refractivity contribution in [2.75, 3.05) is 26.2 Å². The summed E-state index contributed by atoms with van der Waals surface area (Å²) in [6.45, 7) is 4.18. The first kappa shape index (κ1) is 20.9. The van der Waals surface area contributed by atoms with Crippen molar-refractivity contribution in [2.24, 2.45) is 5.73 Å². The van der Waals surface area contributed by atoms with Crippen LogP contribution in [-0.4, -0.2) is 59.4 Å². The Labute approximate surface area is 153 Å². The molecule has 0 unspecified atom stereocenters. The molecule has 0 bridgehead atoms. The monoisotopic (exact) mass is 368 g/mol. The number of amides is 4. The van der Waals surface area contributed by atoms with Gasteiger partial charge in [-0.3, -0.25) is 14.5 Å². The molecule has 0 spiro atoms. The molecular formula is C17H25ClN4O3. The van der Waals surface area contributed by atoms with Gasteiger partial charge < -0.3 is 16.0 Å². The van der Waals surface area contributed by atoms with E-state index < -0.39 is 17.5 Å². The van der Waals surface area contributed by atoms with E-state index in [0.717, 1.165) is 10.5 Å². The maximum absolute atomic E-state index is 12.5. The molecule has 1 fully saturated rings. The fourth-order valence-electron chi connectivity index (χ4n) is 2.62. The zero-order valence-electron chi connectivity index (χ0n) is 14.5. The van der Waals surface area contributed by atoms with Crippen molar-refractivity contribution in [1.29, 1.82) is 0 Å². The van der Waals surface area contributed by atoms with Gasteiger partial charge in [-0.15, -0.1) is 12.4 Å². The highest BCUT2D eigenvalue weighted by molar-refractivity contribution is 6.08. The number of hydrogen-bond donors (Lipinski definition) is 2. The third-order valence-corrected chi connectivity index (χ3v) is 4.00. The van der Waals surface area contributed by atoms with E-state index in [0.29, 0.717) is 26.1 Å². The molecule has 1 aromatic rings. The highest BCUT2D eigenvalue weighted by atomic mass is 35.5. The van der Waals surface area contributed by atoms with Gasteiger partial charge in [0.25, 0.3) is 5.91 Å². The van der Waals surface area contributed by atoms with E-state index in [9.17, 15) is 14.4 Å². The van der Waals surface area contributed by atoms with E-state index in [1.807, 2.05) is 30.3 Å². The molecule has 138 valence electrons. The molecule has 4 amide bonds. The predicted molar refractivity (Wildman–Crippen MR) is 97.4 cm³/mol. The lowest BCUT2D eigenvalue weighted by Crippen LogP contribution is -2.46. The quantitative estimate of drug-likeness (QED) is 0.695. The number of urea groups is 1. The first-order chi connectivity index (χ1) is 11.3. The van der Waals surface area contributed by atoms with E-state index in [4.69, 9.17) is 5.73 Å². The molecule has 8 heteroatoms. The molecule has 0 radical (unpaired) electrons. The fourth-order valence-corrected chi connectivity index (χ4v) is 2.62. The fraction of sp³-hybridized carbons (Fsp3) is 0.471. The molecule has 1 heterocycles. The van der Waals surface area contributed by atoms with Gasteiger partial charge in [0.05, 0.1) is 0 Å². The van der Waals surface area contributed by atoms with Crippen molar-refractivity contribution in [3.8, 4) is 0 Å². The van der Waals surface area contributed by atoms with Crippen LogP contribution in [0.15, 0.2) is 30.3 Å². The average molecular weight is 369 g/mol. The Bertz CT molecular complexity index is 622. The summed E-state index contributed by atoms with van der Waals surface area (Å²) >= 11 is 0.